The summed E-state index contributed by atoms with van der Waals surface area (Å²) in [5, 5.41) is 12.0. The Bertz CT molecular complexity index is 384. The van der Waals surface area contributed by atoms with Crippen LogP contribution in [0.3, 0.4) is 0 Å². The number of hydrogen-bond donors (Lipinski definition) is 1. The van der Waals surface area contributed by atoms with Gasteiger partial charge in [-0.2, -0.15) is 14.0 Å². The van der Waals surface area contributed by atoms with Gasteiger partial charge >= 0.3 is 6.61 Å². The lowest BCUT2D eigenvalue weighted by Gasteiger charge is -2.15. The first-order chi connectivity index (χ1) is 8.02. The third kappa shape index (κ3) is 4.37. The first-order valence-corrected chi connectivity index (χ1v) is 5.23. The Hall–Kier alpha value is -1.67. The molecule has 0 saturated heterocycles. The lowest BCUT2D eigenvalue weighted by molar-refractivity contribution is -0.0498. The average Bonchev–Trinajstić information content (AvgIpc) is 2.26. The van der Waals surface area contributed by atoms with Crippen molar-refractivity contribution in [2.45, 2.75) is 32.5 Å². The van der Waals surface area contributed by atoms with Crippen molar-refractivity contribution in [3.8, 4) is 11.8 Å². The maximum atomic E-state index is 11.9. The lowest BCUT2D eigenvalue weighted by atomic mass is 10.1. The highest BCUT2D eigenvalue weighted by atomic mass is 19.3. The minimum Gasteiger partial charge on any atom is -0.435 e. The molecular formula is C12H14F2N2O. The highest BCUT2D eigenvalue weighted by Crippen LogP contribution is 2.19. The van der Waals surface area contributed by atoms with E-state index in [0.29, 0.717) is 0 Å². The molecule has 1 unspecified atom stereocenters. The molecule has 1 aromatic carbocycles. The van der Waals surface area contributed by atoms with Crippen molar-refractivity contribution >= 4 is 0 Å². The summed E-state index contributed by atoms with van der Waals surface area (Å²) < 4.78 is 28.1. The number of nitrogens with one attached hydrogen (secondary N) is 1. The van der Waals surface area contributed by atoms with Crippen molar-refractivity contribution in [3.63, 3.8) is 0 Å². The number of nitrogens with zero attached hydrogens (tertiary/aromatic N) is 1. The molecule has 0 heterocycles. The third-order valence-corrected chi connectivity index (χ3v) is 2.07. The molecule has 0 fully saturated rings. The van der Waals surface area contributed by atoms with Gasteiger partial charge in [-0.3, -0.25) is 5.32 Å². The molecule has 0 aliphatic heterocycles. The van der Waals surface area contributed by atoms with Crippen LogP contribution in [-0.4, -0.2) is 12.7 Å². The van der Waals surface area contributed by atoms with E-state index in [0.717, 1.165) is 5.56 Å². The second kappa shape index (κ2) is 6.16. The molecule has 1 aromatic rings. The number of halogens is 2. The van der Waals surface area contributed by atoms with Gasteiger partial charge in [0.25, 0.3) is 0 Å². The Labute approximate surface area is 99.0 Å². The van der Waals surface area contributed by atoms with Crippen LogP contribution >= 0.6 is 0 Å². The average molecular weight is 240 g/mol. The number of rotatable bonds is 5. The van der Waals surface area contributed by atoms with Gasteiger partial charge in [-0.05, 0) is 31.5 Å². The zero-order chi connectivity index (χ0) is 12.8. The number of hydrogen-bond acceptors (Lipinski definition) is 3. The molecule has 0 saturated carbocycles. The maximum Gasteiger partial charge on any atom is 0.387 e. The van der Waals surface area contributed by atoms with Crippen LogP contribution in [0.4, 0.5) is 8.78 Å². The van der Waals surface area contributed by atoms with E-state index in [9.17, 15) is 8.78 Å². The van der Waals surface area contributed by atoms with E-state index < -0.39 is 12.7 Å². The van der Waals surface area contributed by atoms with Crippen LogP contribution in [0.25, 0.3) is 0 Å². The molecule has 0 amide bonds. The van der Waals surface area contributed by atoms with Crippen molar-refractivity contribution in [1.82, 2.24) is 5.32 Å². The molecule has 0 aliphatic rings. The zero-order valence-corrected chi connectivity index (χ0v) is 9.65. The Morgan fingerprint density at radius 3 is 2.24 bits per heavy atom. The smallest absolute Gasteiger partial charge is 0.387 e. The molecule has 0 aliphatic carbocycles. The predicted molar refractivity (Wildman–Crippen MR) is 59.7 cm³/mol. The quantitative estimate of drug-likeness (QED) is 0.860. The second-order valence-corrected chi connectivity index (χ2v) is 3.83. The highest BCUT2D eigenvalue weighted by molar-refractivity contribution is 5.31. The zero-order valence-electron chi connectivity index (χ0n) is 9.65. The molecule has 5 heteroatoms. The first kappa shape index (κ1) is 13.4. The molecule has 0 aromatic heterocycles. The van der Waals surface area contributed by atoms with Crippen LogP contribution in [0.1, 0.15) is 25.5 Å². The topological polar surface area (TPSA) is 45.0 Å². The normalized spacial score (nSPS) is 12.5. The SMILES string of the molecule is CC(C)NC(C#N)c1ccc(OC(F)F)cc1. The highest BCUT2D eigenvalue weighted by Gasteiger charge is 2.11. The largest absolute Gasteiger partial charge is 0.435 e. The van der Waals surface area contributed by atoms with Crippen molar-refractivity contribution in [1.29, 1.82) is 5.26 Å². The van der Waals surface area contributed by atoms with Crippen LogP contribution in [0.2, 0.25) is 0 Å². The molecular weight excluding hydrogens is 226 g/mol. The fourth-order valence-corrected chi connectivity index (χ4v) is 1.38. The Kier molecular flexibility index (Phi) is 4.85. The second-order valence-electron chi connectivity index (χ2n) is 3.83. The van der Waals surface area contributed by atoms with Gasteiger partial charge in [0.15, 0.2) is 0 Å². The van der Waals surface area contributed by atoms with Gasteiger partial charge in [0.2, 0.25) is 0 Å². The standard InChI is InChI=1S/C12H14F2N2O/c1-8(2)16-11(7-15)9-3-5-10(6-4-9)17-12(13)14/h3-6,8,11-12,16H,1-2H3. The summed E-state index contributed by atoms with van der Waals surface area (Å²) in [7, 11) is 0. The van der Waals surface area contributed by atoms with E-state index in [1.54, 1.807) is 12.1 Å². The third-order valence-electron chi connectivity index (χ3n) is 2.07. The summed E-state index contributed by atoms with van der Waals surface area (Å²) >= 11 is 0. The summed E-state index contributed by atoms with van der Waals surface area (Å²) in [4.78, 5) is 0. The summed E-state index contributed by atoms with van der Waals surface area (Å²) in [6, 6.07) is 7.87. The van der Waals surface area contributed by atoms with Gasteiger partial charge in [-0.25, -0.2) is 0 Å². The van der Waals surface area contributed by atoms with Crippen LogP contribution in [0, 0.1) is 11.3 Å². The van der Waals surface area contributed by atoms with Crippen molar-refractivity contribution in [2.75, 3.05) is 0 Å². The predicted octanol–water partition coefficient (Wildman–Crippen LogP) is 2.85. The molecule has 1 rings (SSSR count). The molecule has 3 nitrogen and oxygen atoms in total. The first-order valence-electron chi connectivity index (χ1n) is 5.23. The molecule has 0 spiro atoms. The summed E-state index contributed by atoms with van der Waals surface area (Å²) in [6.45, 7) is 1.03. The van der Waals surface area contributed by atoms with Crippen molar-refractivity contribution in [3.05, 3.63) is 29.8 Å². The van der Waals surface area contributed by atoms with E-state index in [4.69, 9.17) is 5.26 Å². The summed E-state index contributed by atoms with van der Waals surface area (Å²) in [5.74, 6) is 0.0880. The van der Waals surface area contributed by atoms with E-state index in [2.05, 4.69) is 16.1 Å². The number of nitriles is 1. The maximum absolute atomic E-state index is 11.9. The number of alkyl halides is 2. The minimum atomic E-state index is -2.83. The van der Waals surface area contributed by atoms with Crippen LogP contribution in [0.15, 0.2) is 24.3 Å². The molecule has 0 radical (unpaired) electrons. The molecule has 92 valence electrons. The number of ether oxygens (including phenoxy) is 1. The van der Waals surface area contributed by atoms with Gasteiger partial charge in [-0.15, -0.1) is 0 Å². The van der Waals surface area contributed by atoms with Crippen LogP contribution in [-0.2, 0) is 0 Å². The van der Waals surface area contributed by atoms with Crippen molar-refractivity contribution in [2.24, 2.45) is 0 Å². The Morgan fingerprint density at radius 1 is 1.24 bits per heavy atom. The van der Waals surface area contributed by atoms with Gasteiger partial charge in [0.1, 0.15) is 11.8 Å². The molecule has 1 N–H and O–H groups in total. The van der Waals surface area contributed by atoms with Crippen LogP contribution in [0.5, 0.6) is 5.75 Å². The van der Waals surface area contributed by atoms with Gasteiger partial charge in [0.05, 0.1) is 6.07 Å². The van der Waals surface area contributed by atoms with Crippen LogP contribution < -0.4 is 10.1 Å². The molecule has 0 bridgehead atoms. The number of benzene rings is 1. The van der Waals surface area contributed by atoms with E-state index >= 15 is 0 Å². The Morgan fingerprint density at radius 2 is 1.82 bits per heavy atom. The molecule has 17 heavy (non-hydrogen) atoms. The van der Waals surface area contributed by atoms with Gasteiger partial charge < -0.3 is 4.74 Å². The lowest BCUT2D eigenvalue weighted by Crippen LogP contribution is -2.27. The Balaban J connectivity index is 2.75. The van der Waals surface area contributed by atoms with E-state index in [1.165, 1.54) is 12.1 Å². The van der Waals surface area contributed by atoms with Gasteiger partial charge in [0, 0.05) is 6.04 Å². The summed E-state index contributed by atoms with van der Waals surface area (Å²) in [5.41, 5.74) is 0.725. The van der Waals surface area contributed by atoms with Gasteiger partial charge in [-0.1, -0.05) is 12.1 Å². The van der Waals surface area contributed by atoms with E-state index in [-0.39, 0.29) is 11.8 Å². The molecule has 1 atom stereocenters. The summed E-state index contributed by atoms with van der Waals surface area (Å²) in [6.07, 6.45) is 0. The monoisotopic (exact) mass is 240 g/mol. The minimum absolute atomic E-state index is 0.0880. The fraction of sp³-hybridized carbons (Fsp3) is 0.417. The fourth-order valence-electron chi connectivity index (χ4n) is 1.38. The van der Waals surface area contributed by atoms with E-state index in [1.807, 2.05) is 13.8 Å². The van der Waals surface area contributed by atoms with Crippen molar-refractivity contribution < 1.29 is 13.5 Å².